The largest absolute Gasteiger partial charge is 0.491 e. The van der Waals surface area contributed by atoms with Crippen molar-refractivity contribution in [3.05, 3.63) is 28.7 Å². The van der Waals surface area contributed by atoms with Crippen molar-refractivity contribution in [2.24, 2.45) is 5.92 Å². The molecule has 0 saturated heterocycles. The second-order valence-corrected chi connectivity index (χ2v) is 6.05. The number of methoxy groups -OCH3 is 1. The Kier molecular flexibility index (Phi) is 8.14. The summed E-state index contributed by atoms with van der Waals surface area (Å²) in [4.78, 5) is 0. The van der Waals surface area contributed by atoms with Crippen LogP contribution in [0.3, 0.4) is 0 Å². The van der Waals surface area contributed by atoms with Crippen molar-refractivity contribution in [1.82, 2.24) is 5.32 Å². The van der Waals surface area contributed by atoms with Gasteiger partial charge >= 0.3 is 0 Å². The fraction of sp³-hybridized carbons (Fsp3) is 0.600. The molecule has 1 aromatic carbocycles. The Morgan fingerprint density at radius 2 is 2.05 bits per heavy atom. The first-order chi connectivity index (χ1) is 9.52. The molecule has 0 bridgehead atoms. The normalized spacial score (nSPS) is 14.3. The van der Waals surface area contributed by atoms with E-state index >= 15 is 0 Å². The van der Waals surface area contributed by atoms with Crippen LogP contribution in [0.1, 0.15) is 13.8 Å². The molecule has 0 heterocycles. The highest BCUT2D eigenvalue weighted by atomic mass is 79.9. The first kappa shape index (κ1) is 17.4. The van der Waals surface area contributed by atoms with Gasteiger partial charge in [0.15, 0.2) is 0 Å². The third-order valence-corrected chi connectivity index (χ3v) is 3.50. The lowest BCUT2D eigenvalue weighted by molar-refractivity contribution is 0.0901. The Balaban J connectivity index is 2.30. The third-order valence-electron chi connectivity index (χ3n) is 3.01. The van der Waals surface area contributed by atoms with Crippen molar-refractivity contribution >= 4 is 15.9 Å². The average molecular weight is 346 g/mol. The fourth-order valence-corrected chi connectivity index (χ4v) is 2.14. The number of nitrogens with one attached hydrogen (secondary N) is 1. The summed E-state index contributed by atoms with van der Waals surface area (Å²) in [5.41, 5.74) is 0. The van der Waals surface area contributed by atoms with Crippen LogP contribution in [0.15, 0.2) is 28.7 Å². The van der Waals surface area contributed by atoms with Gasteiger partial charge in [0.05, 0.1) is 6.61 Å². The third kappa shape index (κ3) is 6.70. The first-order valence-electron chi connectivity index (χ1n) is 6.81. The Labute approximate surface area is 129 Å². The summed E-state index contributed by atoms with van der Waals surface area (Å²) in [5, 5.41) is 13.2. The van der Waals surface area contributed by atoms with E-state index < -0.39 is 6.10 Å². The second-order valence-electron chi connectivity index (χ2n) is 5.14. The van der Waals surface area contributed by atoms with E-state index in [-0.39, 0.29) is 12.6 Å². The smallest absolute Gasteiger partial charge is 0.120 e. The van der Waals surface area contributed by atoms with Gasteiger partial charge in [0.2, 0.25) is 0 Å². The van der Waals surface area contributed by atoms with E-state index in [9.17, 15) is 5.11 Å². The van der Waals surface area contributed by atoms with Crippen LogP contribution < -0.4 is 10.1 Å². The van der Waals surface area contributed by atoms with Gasteiger partial charge in [0, 0.05) is 24.2 Å². The van der Waals surface area contributed by atoms with E-state index in [2.05, 4.69) is 35.1 Å². The van der Waals surface area contributed by atoms with Gasteiger partial charge in [-0.2, -0.15) is 0 Å². The molecule has 1 aromatic rings. The highest BCUT2D eigenvalue weighted by Gasteiger charge is 2.14. The highest BCUT2D eigenvalue weighted by Crippen LogP contribution is 2.17. The van der Waals surface area contributed by atoms with Gasteiger partial charge in [-0.25, -0.2) is 0 Å². The maximum absolute atomic E-state index is 9.94. The number of ether oxygens (including phenoxy) is 2. The number of hydrogen-bond donors (Lipinski definition) is 2. The van der Waals surface area contributed by atoms with Crippen LogP contribution in [0, 0.1) is 5.92 Å². The van der Waals surface area contributed by atoms with Gasteiger partial charge in [0.25, 0.3) is 0 Å². The summed E-state index contributed by atoms with van der Waals surface area (Å²) in [6, 6.07) is 7.81. The van der Waals surface area contributed by atoms with Gasteiger partial charge in [-0.3, -0.25) is 0 Å². The zero-order valence-electron chi connectivity index (χ0n) is 12.3. The van der Waals surface area contributed by atoms with Crippen molar-refractivity contribution in [2.45, 2.75) is 26.0 Å². The van der Waals surface area contributed by atoms with Gasteiger partial charge in [-0.05, 0) is 24.1 Å². The molecule has 114 valence electrons. The number of aliphatic hydroxyl groups excluding tert-OH is 1. The maximum atomic E-state index is 9.94. The highest BCUT2D eigenvalue weighted by molar-refractivity contribution is 9.10. The summed E-state index contributed by atoms with van der Waals surface area (Å²) in [5.74, 6) is 1.20. The molecule has 0 aliphatic heterocycles. The molecular weight excluding hydrogens is 322 g/mol. The maximum Gasteiger partial charge on any atom is 0.120 e. The predicted octanol–water partition coefficient (Wildman–Crippen LogP) is 2.45. The van der Waals surface area contributed by atoms with Crippen LogP contribution in [0.4, 0.5) is 0 Å². The summed E-state index contributed by atoms with van der Waals surface area (Å²) in [7, 11) is 1.68. The molecule has 0 amide bonds. The molecule has 4 nitrogen and oxygen atoms in total. The zero-order chi connectivity index (χ0) is 15.0. The van der Waals surface area contributed by atoms with Crippen molar-refractivity contribution in [3.8, 4) is 5.75 Å². The molecule has 5 heteroatoms. The lowest BCUT2D eigenvalue weighted by atomic mass is 10.1. The summed E-state index contributed by atoms with van der Waals surface area (Å²) in [6.07, 6.45) is -0.549. The summed E-state index contributed by atoms with van der Waals surface area (Å²) >= 11 is 3.38. The van der Waals surface area contributed by atoms with Gasteiger partial charge in [0.1, 0.15) is 18.5 Å². The molecule has 2 N–H and O–H groups in total. The minimum Gasteiger partial charge on any atom is -0.491 e. The van der Waals surface area contributed by atoms with Crippen LogP contribution in [0.25, 0.3) is 0 Å². The molecule has 0 aromatic heterocycles. The number of halogens is 1. The Morgan fingerprint density at radius 3 is 2.65 bits per heavy atom. The quantitative estimate of drug-likeness (QED) is 0.721. The van der Waals surface area contributed by atoms with E-state index in [1.165, 1.54) is 0 Å². The van der Waals surface area contributed by atoms with E-state index in [0.29, 0.717) is 19.1 Å². The van der Waals surface area contributed by atoms with Gasteiger partial charge < -0.3 is 19.9 Å². The summed E-state index contributed by atoms with van der Waals surface area (Å²) in [6.45, 7) is 5.64. The standard InChI is InChI=1S/C15H24BrNO3/c1-11(2)15(10-19-3)17-8-13(18)9-20-14-6-4-5-12(16)7-14/h4-7,11,13,15,17-18H,8-10H2,1-3H3. The van der Waals surface area contributed by atoms with Crippen molar-refractivity contribution in [3.63, 3.8) is 0 Å². The molecule has 1 rings (SSSR count). The van der Waals surface area contributed by atoms with E-state index in [1.807, 2.05) is 24.3 Å². The molecule has 0 spiro atoms. The lowest BCUT2D eigenvalue weighted by Crippen LogP contribution is -2.43. The molecule has 2 atom stereocenters. The van der Waals surface area contributed by atoms with Crippen molar-refractivity contribution < 1.29 is 14.6 Å². The van der Waals surface area contributed by atoms with Crippen LogP contribution in [0.5, 0.6) is 5.75 Å². The van der Waals surface area contributed by atoms with Crippen molar-refractivity contribution in [1.29, 1.82) is 0 Å². The van der Waals surface area contributed by atoms with Crippen LogP contribution in [-0.4, -0.2) is 44.1 Å². The second kappa shape index (κ2) is 9.34. The molecule has 0 saturated carbocycles. The zero-order valence-corrected chi connectivity index (χ0v) is 13.9. The SMILES string of the molecule is COCC(NCC(O)COc1cccc(Br)c1)C(C)C. The van der Waals surface area contributed by atoms with Crippen molar-refractivity contribution in [2.75, 3.05) is 26.9 Å². The van der Waals surface area contributed by atoms with E-state index in [4.69, 9.17) is 9.47 Å². The summed E-state index contributed by atoms with van der Waals surface area (Å²) < 4.78 is 11.7. The topological polar surface area (TPSA) is 50.7 Å². The molecular formula is C15H24BrNO3. The van der Waals surface area contributed by atoms with Crippen LogP contribution in [0.2, 0.25) is 0 Å². The average Bonchev–Trinajstić information content (AvgIpc) is 2.41. The van der Waals surface area contributed by atoms with E-state index in [0.717, 1.165) is 10.2 Å². The van der Waals surface area contributed by atoms with E-state index in [1.54, 1.807) is 7.11 Å². The predicted molar refractivity (Wildman–Crippen MR) is 84.1 cm³/mol. The number of hydrogen-bond acceptors (Lipinski definition) is 4. The Morgan fingerprint density at radius 1 is 1.30 bits per heavy atom. The molecule has 0 aliphatic rings. The molecule has 0 radical (unpaired) electrons. The molecule has 0 fully saturated rings. The first-order valence-corrected chi connectivity index (χ1v) is 7.61. The Bertz CT molecular complexity index is 387. The number of benzene rings is 1. The van der Waals surface area contributed by atoms with Gasteiger partial charge in [-0.1, -0.05) is 35.8 Å². The number of aliphatic hydroxyl groups is 1. The minimum absolute atomic E-state index is 0.237. The monoisotopic (exact) mass is 345 g/mol. The molecule has 2 unspecified atom stereocenters. The molecule has 0 aliphatic carbocycles. The minimum atomic E-state index is -0.549. The van der Waals surface area contributed by atoms with Crippen LogP contribution in [-0.2, 0) is 4.74 Å². The lowest BCUT2D eigenvalue weighted by Gasteiger charge is -2.23. The van der Waals surface area contributed by atoms with Crippen LogP contribution >= 0.6 is 15.9 Å². The number of rotatable bonds is 9. The Hall–Kier alpha value is -0.620. The fourth-order valence-electron chi connectivity index (χ4n) is 1.76. The van der Waals surface area contributed by atoms with Gasteiger partial charge in [-0.15, -0.1) is 0 Å². The molecule has 20 heavy (non-hydrogen) atoms.